The van der Waals surface area contributed by atoms with Crippen molar-refractivity contribution in [1.29, 1.82) is 0 Å². The normalized spacial score (nSPS) is 13.8. The van der Waals surface area contributed by atoms with E-state index in [2.05, 4.69) is 5.32 Å². The maximum absolute atomic E-state index is 12.4. The number of halogens is 3. The van der Waals surface area contributed by atoms with E-state index in [1.54, 1.807) is 30.3 Å². The van der Waals surface area contributed by atoms with Crippen molar-refractivity contribution in [3.63, 3.8) is 0 Å². The van der Waals surface area contributed by atoms with E-state index in [4.69, 9.17) is 0 Å². The Morgan fingerprint density at radius 2 is 1.81 bits per heavy atom. The molecule has 1 unspecified atom stereocenters. The van der Waals surface area contributed by atoms with Crippen LogP contribution in [0.3, 0.4) is 0 Å². The van der Waals surface area contributed by atoms with Crippen molar-refractivity contribution in [2.45, 2.75) is 32.0 Å². The van der Waals surface area contributed by atoms with Crippen molar-refractivity contribution in [3.8, 4) is 0 Å². The van der Waals surface area contributed by atoms with Gasteiger partial charge in [-0.2, -0.15) is 13.2 Å². The molecule has 4 heteroatoms. The first-order valence-corrected chi connectivity index (χ1v) is 5.38. The molecule has 0 radical (unpaired) electrons. The first-order chi connectivity index (χ1) is 7.53. The molecule has 0 amide bonds. The van der Waals surface area contributed by atoms with Crippen LogP contribution < -0.4 is 5.32 Å². The van der Waals surface area contributed by atoms with Crippen LogP contribution in [0.25, 0.3) is 0 Å². The van der Waals surface area contributed by atoms with Gasteiger partial charge in [-0.05, 0) is 18.5 Å². The highest BCUT2D eigenvalue weighted by Crippen LogP contribution is 2.29. The number of hydrogen-bond acceptors (Lipinski definition) is 1. The zero-order valence-electron chi connectivity index (χ0n) is 9.22. The van der Waals surface area contributed by atoms with Crippen LogP contribution in [-0.2, 0) is 0 Å². The summed E-state index contributed by atoms with van der Waals surface area (Å²) in [5.41, 5.74) is 0.688. The Morgan fingerprint density at radius 1 is 1.19 bits per heavy atom. The fourth-order valence-corrected chi connectivity index (χ4v) is 1.54. The summed E-state index contributed by atoms with van der Waals surface area (Å²) < 4.78 is 37.1. The standard InChI is InChI=1S/C12H16F3N/c1-2-8-16-11(9-12(13,14)15)10-6-4-3-5-7-10/h3-7,11,16H,2,8-9H2,1H3. The number of benzene rings is 1. The second kappa shape index (κ2) is 5.89. The van der Waals surface area contributed by atoms with E-state index in [1.165, 1.54) is 0 Å². The van der Waals surface area contributed by atoms with Crippen molar-refractivity contribution < 1.29 is 13.2 Å². The predicted molar refractivity (Wildman–Crippen MR) is 58.1 cm³/mol. The molecule has 0 spiro atoms. The molecule has 1 atom stereocenters. The summed E-state index contributed by atoms with van der Waals surface area (Å²) in [4.78, 5) is 0. The molecule has 1 aromatic carbocycles. The molecule has 1 nitrogen and oxygen atoms in total. The van der Waals surface area contributed by atoms with E-state index in [0.717, 1.165) is 6.42 Å². The smallest absolute Gasteiger partial charge is 0.310 e. The quantitative estimate of drug-likeness (QED) is 0.815. The van der Waals surface area contributed by atoms with Crippen LogP contribution in [-0.4, -0.2) is 12.7 Å². The van der Waals surface area contributed by atoms with Gasteiger partial charge in [0.2, 0.25) is 0 Å². The second-order valence-electron chi connectivity index (χ2n) is 3.74. The molecular weight excluding hydrogens is 215 g/mol. The summed E-state index contributed by atoms with van der Waals surface area (Å²) >= 11 is 0. The monoisotopic (exact) mass is 231 g/mol. The van der Waals surface area contributed by atoms with Gasteiger partial charge >= 0.3 is 6.18 Å². The van der Waals surface area contributed by atoms with E-state index < -0.39 is 18.6 Å². The molecule has 0 bridgehead atoms. The zero-order chi connectivity index (χ0) is 12.0. The van der Waals surface area contributed by atoms with Gasteiger partial charge in [0.1, 0.15) is 0 Å². The lowest BCUT2D eigenvalue weighted by atomic mass is 10.0. The van der Waals surface area contributed by atoms with Crippen molar-refractivity contribution in [1.82, 2.24) is 5.32 Å². The highest BCUT2D eigenvalue weighted by atomic mass is 19.4. The van der Waals surface area contributed by atoms with Gasteiger partial charge in [0.25, 0.3) is 0 Å². The molecule has 0 fully saturated rings. The van der Waals surface area contributed by atoms with Gasteiger partial charge in [0.05, 0.1) is 6.42 Å². The number of rotatable bonds is 5. The summed E-state index contributed by atoms with van der Waals surface area (Å²) in [5.74, 6) is 0. The van der Waals surface area contributed by atoms with Crippen LogP contribution in [0.1, 0.15) is 31.4 Å². The molecule has 0 saturated carbocycles. The van der Waals surface area contributed by atoms with Gasteiger partial charge in [-0.15, -0.1) is 0 Å². The number of hydrogen-bond donors (Lipinski definition) is 1. The Morgan fingerprint density at radius 3 is 2.31 bits per heavy atom. The van der Waals surface area contributed by atoms with Crippen LogP contribution in [0.15, 0.2) is 30.3 Å². The average molecular weight is 231 g/mol. The molecule has 0 heterocycles. The average Bonchev–Trinajstić information content (AvgIpc) is 2.24. The first kappa shape index (κ1) is 13.0. The summed E-state index contributed by atoms with van der Waals surface area (Å²) in [5, 5.41) is 2.92. The van der Waals surface area contributed by atoms with Gasteiger partial charge in [-0.3, -0.25) is 0 Å². The lowest BCUT2D eigenvalue weighted by molar-refractivity contribution is -0.140. The number of nitrogens with one attached hydrogen (secondary N) is 1. The first-order valence-electron chi connectivity index (χ1n) is 5.38. The fourth-order valence-electron chi connectivity index (χ4n) is 1.54. The Bertz CT molecular complexity index is 295. The summed E-state index contributed by atoms with van der Waals surface area (Å²) in [6.45, 7) is 2.53. The molecule has 90 valence electrons. The van der Waals surface area contributed by atoms with Crippen LogP contribution in [0.5, 0.6) is 0 Å². The molecule has 0 aliphatic carbocycles. The molecule has 0 aliphatic rings. The Balaban J connectivity index is 2.71. The van der Waals surface area contributed by atoms with Crippen molar-refractivity contribution in [2.24, 2.45) is 0 Å². The van der Waals surface area contributed by atoms with Gasteiger partial charge in [-0.1, -0.05) is 37.3 Å². The highest BCUT2D eigenvalue weighted by Gasteiger charge is 2.32. The van der Waals surface area contributed by atoms with Crippen LogP contribution in [0.2, 0.25) is 0 Å². The van der Waals surface area contributed by atoms with E-state index in [0.29, 0.717) is 12.1 Å². The van der Waals surface area contributed by atoms with Crippen LogP contribution in [0, 0.1) is 0 Å². The lowest BCUT2D eigenvalue weighted by Crippen LogP contribution is -2.27. The van der Waals surface area contributed by atoms with E-state index in [-0.39, 0.29) is 0 Å². The maximum atomic E-state index is 12.4. The SMILES string of the molecule is CCCNC(CC(F)(F)F)c1ccccc1. The third-order valence-electron chi connectivity index (χ3n) is 2.28. The molecule has 16 heavy (non-hydrogen) atoms. The minimum absolute atomic E-state index is 0.593. The summed E-state index contributed by atoms with van der Waals surface area (Å²) in [6, 6.07) is 8.12. The van der Waals surface area contributed by atoms with Gasteiger partial charge in [-0.25, -0.2) is 0 Å². The molecule has 0 aliphatic heterocycles. The van der Waals surface area contributed by atoms with Crippen LogP contribution >= 0.6 is 0 Å². The Hall–Kier alpha value is -1.03. The minimum atomic E-state index is -4.14. The molecule has 0 aromatic heterocycles. The molecule has 1 aromatic rings. The largest absolute Gasteiger partial charge is 0.390 e. The predicted octanol–water partition coefficient (Wildman–Crippen LogP) is 3.68. The number of alkyl halides is 3. The molecular formula is C12H16F3N. The van der Waals surface area contributed by atoms with Gasteiger partial charge < -0.3 is 5.32 Å². The molecule has 0 saturated heterocycles. The minimum Gasteiger partial charge on any atom is -0.310 e. The Kier molecular flexibility index (Phi) is 4.80. The second-order valence-corrected chi connectivity index (χ2v) is 3.74. The maximum Gasteiger partial charge on any atom is 0.390 e. The molecule has 1 N–H and O–H groups in total. The Labute approximate surface area is 93.7 Å². The van der Waals surface area contributed by atoms with Crippen LogP contribution in [0.4, 0.5) is 13.2 Å². The highest BCUT2D eigenvalue weighted by molar-refractivity contribution is 5.19. The lowest BCUT2D eigenvalue weighted by Gasteiger charge is -2.20. The molecule has 1 rings (SSSR count). The fraction of sp³-hybridized carbons (Fsp3) is 0.500. The summed E-state index contributed by atoms with van der Waals surface area (Å²) in [6.07, 6.45) is -4.14. The summed E-state index contributed by atoms with van der Waals surface area (Å²) in [7, 11) is 0. The van der Waals surface area contributed by atoms with Gasteiger partial charge in [0.15, 0.2) is 0 Å². The third-order valence-corrected chi connectivity index (χ3v) is 2.28. The van der Waals surface area contributed by atoms with Crippen molar-refractivity contribution in [3.05, 3.63) is 35.9 Å². The van der Waals surface area contributed by atoms with E-state index >= 15 is 0 Å². The topological polar surface area (TPSA) is 12.0 Å². The zero-order valence-corrected chi connectivity index (χ0v) is 9.22. The van der Waals surface area contributed by atoms with Gasteiger partial charge in [0, 0.05) is 6.04 Å². The van der Waals surface area contributed by atoms with Crippen molar-refractivity contribution >= 4 is 0 Å². The third kappa shape index (κ3) is 4.66. The van der Waals surface area contributed by atoms with Crippen molar-refractivity contribution in [2.75, 3.05) is 6.54 Å². The van der Waals surface area contributed by atoms with E-state index in [1.807, 2.05) is 6.92 Å². The van der Waals surface area contributed by atoms with E-state index in [9.17, 15) is 13.2 Å².